The van der Waals surface area contributed by atoms with Gasteiger partial charge in [0.25, 0.3) is 0 Å². The first-order chi connectivity index (χ1) is 14.8. The van der Waals surface area contributed by atoms with Gasteiger partial charge in [-0.3, -0.25) is 0 Å². The van der Waals surface area contributed by atoms with Gasteiger partial charge in [0.15, 0.2) is 5.96 Å². The number of sulfone groups is 1. The fraction of sp³-hybridized carbons (Fsp3) is 0.391. The third kappa shape index (κ3) is 10.9. The monoisotopic (exact) mass is 573 g/mol. The van der Waals surface area contributed by atoms with Crippen LogP contribution in [0.15, 0.2) is 59.6 Å². The molecule has 2 rings (SSSR count). The summed E-state index contributed by atoms with van der Waals surface area (Å²) in [7, 11) is -3.00. The lowest BCUT2D eigenvalue weighted by Gasteiger charge is -2.17. The molecule has 0 aliphatic rings. The van der Waals surface area contributed by atoms with Gasteiger partial charge in [-0.05, 0) is 43.5 Å². The SMILES string of the molecule is CCNC(=NCc1cccc(C(=O)OCc2ccccc2)c1)NC(C)CCS(C)(=O)=O.I. The van der Waals surface area contributed by atoms with E-state index < -0.39 is 9.84 Å². The van der Waals surface area contributed by atoms with Crippen LogP contribution in [-0.2, 0) is 27.7 Å². The molecule has 7 nitrogen and oxygen atoms in total. The van der Waals surface area contributed by atoms with Crippen LogP contribution in [0, 0.1) is 0 Å². The predicted octanol–water partition coefficient (Wildman–Crippen LogP) is 3.54. The standard InChI is InChI=1S/C23H31N3O4S.HI/c1-4-24-23(26-18(2)13-14-31(3,28)29)25-16-20-11-8-12-21(15-20)22(27)30-17-19-9-6-5-7-10-19;/h5-12,15,18H,4,13-14,16-17H2,1-3H3,(H2,24,25,26);1H. The third-order valence-electron chi connectivity index (χ3n) is 4.44. The first kappa shape index (κ1) is 27.9. The lowest BCUT2D eigenvalue weighted by Crippen LogP contribution is -2.42. The number of hydrogen-bond donors (Lipinski definition) is 2. The fourth-order valence-corrected chi connectivity index (χ4v) is 3.57. The molecule has 2 N–H and O–H groups in total. The summed E-state index contributed by atoms with van der Waals surface area (Å²) in [5, 5.41) is 6.37. The Balaban J connectivity index is 0.00000512. The molecule has 0 radical (unpaired) electrons. The van der Waals surface area contributed by atoms with Crippen LogP contribution in [0.5, 0.6) is 0 Å². The van der Waals surface area contributed by atoms with E-state index in [4.69, 9.17) is 4.74 Å². The molecule has 0 heterocycles. The van der Waals surface area contributed by atoms with Gasteiger partial charge in [-0.2, -0.15) is 0 Å². The van der Waals surface area contributed by atoms with E-state index in [0.717, 1.165) is 11.1 Å². The molecule has 0 spiro atoms. The van der Waals surface area contributed by atoms with Gasteiger partial charge >= 0.3 is 5.97 Å². The molecule has 32 heavy (non-hydrogen) atoms. The number of nitrogens with one attached hydrogen (secondary N) is 2. The average Bonchev–Trinajstić information content (AvgIpc) is 2.75. The van der Waals surface area contributed by atoms with E-state index in [1.54, 1.807) is 18.2 Å². The summed E-state index contributed by atoms with van der Waals surface area (Å²) in [5.74, 6) is 0.336. The van der Waals surface area contributed by atoms with Crippen molar-refractivity contribution in [3.8, 4) is 0 Å². The van der Waals surface area contributed by atoms with Crippen LogP contribution in [0.1, 0.15) is 41.8 Å². The maximum atomic E-state index is 12.4. The Morgan fingerprint density at radius 1 is 1.09 bits per heavy atom. The van der Waals surface area contributed by atoms with Crippen molar-refractivity contribution in [2.45, 2.75) is 39.5 Å². The topological polar surface area (TPSA) is 96.9 Å². The van der Waals surface area contributed by atoms with E-state index >= 15 is 0 Å². The summed E-state index contributed by atoms with van der Waals surface area (Å²) < 4.78 is 28.1. The quantitative estimate of drug-likeness (QED) is 0.196. The van der Waals surface area contributed by atoms with E-state index in [1.165, 1.54) is 6.26 Å². The zero-order valence-electron chi connectivity index (χ0n) is 18.7. The van der Waals surface area contributed by atoms with Gasteiger partial charge in [-0.15, -0.1) is 24.0 Å². The zero-order chi connectivity index (χ0) is 22.7. The Kier molecular flexibility index (Phi) is 12.3. The van der Waals surface area contributed by atoms with Crippen molar-refractivity contribution >= 4 is 45.7 Å². The zero-order valence-corrected chi connectivity index (χ0v) is 21.9. The molecule has 0 aliphatic carbocycles. The van der Waals surface area contributed by atoms with Crippen LogP contribution in [-0.4, -0.2) is 44.9 Å². The second-order valence-corrected chi connectivity index (χ2v) is 9.68. The van der Waals surface area contributed by atoms with Crippen molar-refractivity contribution in [2.24, 2.45) is 4.99 Å². The molecule has 2 aromatic carbocycles. The Morgan fingerprint density at radius 3 is 2.44 bits per heavy atom. The number of carbonyl (C=O) groups excluding carboxylic acids is 1. The number of halogens is 1. The Bertz CT molecular complexity index is 982. The van der Waals surface area contributed by atoms with Crippen LogP contribution in [0.4, 0.5) is 0 Å². The predicted molar refractivity (Wildman–Crippen MR) is 139 cm³/mol. The lowest BCUT2D eigenvalue weighted by atomic mass is 10.1. The number of hydrogen-bond acceptors (Lipinski definition) is 5. The van der Waals surface area contributed by atoms with E-state index in [-0.39, 0.29) is 48.3 Å². The maximum absolute atomic E-state index is 12.4. The normalized spacial score (nSPS) is 12.4. The van der Waals surface area contributed by atoms with Gasteiger partial charge in [0.2, 0.25) is 0 Å². The molecule has 1 atom stereocenters. The van der Waals surface area contributed by atoms with E-state index in [0.29, 0.717) is 31.0 Å². The molecule has 1 unspecified atom stereocenters. The van der Waals surface area contributed by atoms with Crippen molar-refractivity contribution < 1.29 is 17.9 Å². The first-order valence-electron chi connectivity index (χ1n) is 10.3. The molecule has 0 aliphatic heterocycles. The molecule has 0 bridgehead atoms. The Hall–Kier alpha value is -2.14. The molecule has 0 amide bonds. The van der Waals surface area contributed by atoms with Crippen LogP contribution >= 0.6 is 24.0 Å². The number of benzene rings is 2. The van der Waals surface area contributed by atoms with Crippen molar-refractivity contribution in [3.05, 3.63) is 71.3 Å². The second-order valence-electron chi connectivity index (χ2n) is 7.42. The molecule has 0 fully saturated rings. The average molecular weight is 573 g/mol. The molecule has 0 saturated carbocycles. The van der Waals surface area contributed by atoms with Gasteiger partial charge < -0.3 is 15.4 Å². The molecular formula is C23H32IN3O4S. The number of aliphatic imine (C=N–C) groups is 1. The number of guanidine groups is 1. The minimum absolute atomic E-state index is 0. The molecular weight excluding hydrogens is 541 g/mol. The summed E-state index contributed by atoms with van der Waals surface area (Å²) in [4.78, 5) is 16.9. The largest absolute Gasteiger partial charge is 0.457 e. The minimum atomic E-state index is -3.00. The van der Waals surface area contributed by atoms with Gasteiger partial charge in [0, 0.05) is 18.8 Å². The fourth-order valence-electron chi connectivity index (χ4n) is 2.79. The third-order valence-corrected chi connectivity index (χ3v) is 5.42. The molecule has 176 valence electrons. The molecule has 2 aromatic rings. The van der Waals surface area contributed by atoms with Crippen LogP contribution < -0.4 is 10.6 Å². The van der Waals surface area contributed by atoms with Gasteiger partial charge in [-0.1, -0.05) is 42.5 Å². The minimum Gasteiger partial charge on any atom is -0.457 e. The van der Waals surface area contributed by atoms with E-state index in [1.807, 2.05) is 50.2 Å². The summed E-state index contributed by atoms with van der Waals surface area (Å²) in [6.45, 7) is 5.15. The first-order valence-corrected chi connectivity index (χ1v) is 12.4. The number of nitrogens with zero attached hydrogens (tertiary/aromatic N) is 1. The summed E-state index contributed by atoms with van der Waals surface area (Å²) in [6.07, 6.45) is 1.73. The van der Waals surface area contributed by atoms with Crippen molar-refractivity contribution in [1.82, 2.24) is 10.6 Å². The van der Waals surface area contributed by atoms with E-state index in [2.05, 4.69) is 15.6 Å². The van der Waals surface area contributed by atoms with Crippen molar-refractivity contribution in [1.29, 1.82) is 0 Å². The van der Waals surface area contributed by atoms with Crippen molar-refractivity contribution in [2.75, 3.05) is 18.6 Å². The highest BCUT2D eigenvalue weighted by Gasteiger charge is 2.11. The van der Waals surface area contributed by atoms with Gasteiger partial charge in [-0.25, -0.2) is 18.2 Å². The number of carbonyl (C=O) groups is 1. The Morgan fingerprint density at radius 2 is 1.78 bits per heavy atom. The Labute approximate surface area is 208 Å². The van der Waals surface area contributed by atoms with E-state index in [9.17, 15) is 13.2 Å². The smallest absolute Gasteiger partial charge is 0.338 e. The number of ether oxygens (including phenoxy) is 1. The summed E-state index contributed by atoms with van der Waals surface area (Å²) in [6, 6.07) is 16.7. The summed E-state index contributed by atoms with van der Waals surface area (Å²) >= 11 is 0. The lowest BCUT2D eigenvalue weighted by molar-refractivity contribution is 0.0472. The van der Waals surface area contributed by atoms with Gasteiger partial charge in [0.1, 0.15) is 16.4 Å². The second kappa shape index (κ2) is 14.1. The summed E-state index contributed by atoms with van der Waals surface area (Å²) in [5.41, 5.74) is 2.28. The highest BCUT2D eigenvalue weighted by molar-refractivity contribution is 14.0. The highest BCUT2D eigenvalue weighted by Crippen LogP contribution is 2.10. The van der Waals surface area contributed by atoms with Gasteiger partial charge in [0.05, 0.1) is 17.9 Å². The number of esters is 1. The van der Waals surface area contributed by atoms with Crippen LogP contribution in [0.2, 0.25) is 0 Å². The van der Waals surface area contributed by atoms with Crippen LogP contribution in [0.25, 0.3) is 0 Å². The highest BCUT2D eigenvalue weighted by atomic mass is 127. The molecule has 0 aromatic heterocycles. The molecule has 9 heteroatoms. The van der Waals surface area contributed by atoms with Crippen LogP contribution in [0.3, 0.4) is 0 Å². The molecule has 0 saturated heterocycles. The maximum Gasteiger partial charge on any atom is 0.338 e. The number of rotatable bonds is 10. The van der Waals surface area contributed by atoms with Crippen molar-refractivity contribution in [3.63, 3.8) is 0 Å².